The van der Waals surface area contributed by atoms with Crippen LogP contribution in [0.25, 0.3) is 0 Å². The molecule has 2 saturated heterocycles. The van der Waals surface area contributed by atoms with E-state index in [0.29, 0.717) is 17.6 Å². The summed E-state index contributed by atoms with van der Waals surface area (Å²) in [5.74, 6) is -0.852. The van der Waals surface area contributed by atoms with E-state index in [2.05, 4.69) is 16.7 Å². The number of anilines is 1. The molecule has 0 amide bonds. The Morgan fingerprint density at radius 3 is 2.81 bits per heavy atom. The Hall–Kier alpha value is -1.55. The highest BCUT2D eigenvalue weighted by molar-refractivity contribution is 5.88. The number of carboxylic acid groups (broad SMARTS) is 1. The summed E-state index contributed by atoms with van der Waals surface area (Å²) in [6.07, 6.45) is 3.95. The lowest BCUT2D eigenvalue weighted by Crippen LogP contribution is -2.59. The van der Waals surface area contributed by atoms with Crippen molar-refractivity contribution in [3.05, 3.63) is 29.3 Å². The number of hydrogen-bond acceptors (Lipinski definition) is 3. The summed E-state index contributed by atoms with van der Waals surface area (Å²) in [4.78, 5) is 16.2. The minimum Gasteiger partial charge on any atom is -0.478 e. The van der Waals surface area contributed by atoms with Crippen molar-refractivity contribution in [2.24, 2.45) is 0 Å². The van der Waals surface area contributed by atoms with Crippen LogP contribution in [-0.2, 0) is 0 Å². The Balaban J connectivity index is 1.84. The van der Waals surface area contributed by atoms with Crippen LogP contribution < -0.4 is 4.90 Å². The number of aryl methyl sites for hydroxylation is 1. The molecule has 114 valence electrons. The van der Waals surface area contributed by atoms with Gasteiger partial charge < -0.3 is 10.0 Å². The molecule has 2 unspecified atom stereocenters. The van der Waals surface area contributed by atoms with Gasteiger partial charge in [-0.2, -0.15) is 0 Å². The summed E-state index contributed by atoms with van der Waals surface area (Å²) in [6.45, 7) is 7.70. The van der Waals surface area contributed by atoms with Gasteiger partial charge in [0.2, 0.25) is 0 Å². The van der Waals surface area contributed by atoms with E-state index in [9.17, 15) is 4.79 Å². The van der Waals surface area contributed by atoms with Gasteiger partial charge in [0, 0.05) is 30.9 Å². The molecule has 2 aliphatic heterocycles. The van der Waals surface area contributed by atoms with E-state index in [4.69, 9.17) is 5.11 Å². The number of nitrogens with zero attached hydrogens (tertiary/aromatic N) is 2. The summed E-state index contributed by atoms with van der Waals surface area (Å²) in [6, 6.07) is 6.64. The lowest BCUT2D eigenvalue weighted by molar-refractivity contribution is 0.0697. The lowest BCUT2D eigenvalue weighted by Gasteiger charge is -2.48. The molecular weight excluding hydrogens is 264 g/mol. The molecular formula is C17H24N2O2. The summed E-state index contributed by atoms with van der Waals surface area (Å²) in [5.41, 5.74) is 2.63. The fraction of sp³-hybridized carbons (Fsp3) is 0.588. The van der Waals surface area contributed by atoms with Gasteiger partial charge in [-0.25, -0.2) is 4.79 Å². The summed E-state index contributed by atoms with van der Waals surface area (Å²) < 4.78 is 0. The van der Waals surface area contributed by atoms with Crippen LogP contribution in [0.15, 0.2) is 18.2 Å². The first-order valence-electron chi connectivity index (χ1n) is 7.91. The zero-order chi connectivity index (χ0) is 15.0. The second kappa shape index (κ2) is 5.68. The average Bonchev–Trinajstić information content (AvgIpc) is 2.46. The fourth-order valence-electron chi connectivity index (χ4n) is 3.80. The van der Waals surface area contributed by atoms with Gasteiger partial charge in [-0.15, -0.1) is 0 Å². The van der Waals surface area contributed by atoms with Crippen molar-refractivity contribution in [3.63, 3.8) is 0 Å². The van der Waals surface area contributed by atoms with E-state index in [-0.39, 0.29) is 0 Å². The van der Waals surface area contributed by atoms with E-state index >= 15 is 0 Å². The van der Waals surface area contributed by atoms with E-state index < -0.39 is 5.97 Å². The SMILES string of the molecule is Cc1cc(C(=O)O)ccc1N1CC2CCCCN2CC1C. The molecule has 2 heterocycles. The third kappa shape index (κ3) is 2.77. The van der Waals surface area contributed by atoms with Gasteiger partial charge in [0.05, 0.1) is 5.56 Å². The normalized spacial score (nSPS) is 26.5. The molecule has 4 nitrogen and oxygen atoms in total. The van der Waals surface area contributed by atoms with Crippen molar-refractivity contribution in [2.75, 3.05) is 24.5 Å². The first kappa shape index (κ1) is 14.4. The number of piperazine rings is 1. The second-order valence-electron chi connectivity index (χ2n) is 6.45. The monoisotopic (exact) mass is 288 g/mol. The predicted octanol–water partition coefficient (Wildman–Crippen LogP) is 2.76. The van der Waals surface area contributed by atoms with E-state index in [0.717, 1.165) is 18.7 Å². The number of aromatic carboxylic acids is 1. The molecule has 3 rings (SSSR count). The van der Waals surface area contributed by atoms with Gasteiger partial charge in [-0.1, -0.05) is 6.42 Å². The first-order valence-corrected chi connectivity index (χ1v) is 7.91. The third-order valence-electron chi connectivity index (χ3n) is 4.94. The molecule has 1 aromatic rings. The molecule has 0 saturated carbocycles. The van der Waals surface area contributed by atoms with Gasteiger partial charge in [0.1, 0.15) is 0 Å². The van der Waals surface area contributed by atoms with E-state index in [1.165, 1.54) is 31.5 Å². The number of carboxylic acids is 1. The Labute approximate surface area is 126 Å². The molecule has 0 aliphatic carbocycles. The minimum atomic E-state index is -0.852. The quantitative estimate of drug-likeness (QED) is 0.909. The Kier molecular flexibility index (Phi) is 3.89. The third-order valence-corrected chi connectivity index (χ3v) is 4.94. The van der Waals surface area contributed by atoms with Gasteiger partial charge in [-0.3, -0.25) is 4.90 Å². The number of fused-ring (bicyclic) bond motifs is 1. The number of rotatable bonds is 2. The maximum Gasteiger partial charge on any atom is 0.335 e. The van der Waals surface area contributed by atoms with Crippen molar-refractivity contribution < 1.29 is 9.90 Å². The summed E-state index contributed by atoms with van der Waals surface area (Å²) >= 11 is 0. The van der Waals surface area contributed by atoms with Crippen molar-refractivity contribution in [3.8, 4) is 0 Å². The number of piperidine rings is 1. The zero-order valence-corrected chi connectivity index (χ0v) is 12.9. The topological polar surface area (TPSA) is 43.8 Å². The molecule has 1 aromatic carbocycles. The molecule has 4 heteroatoms. The number of benzene rings is 1. The fourth-order valence-corrected chi connectivity index (χ4v) is 3.80. The average molecular weight is 288 g/mol. The Bertz CT molecular complexity index is 544. The number of carbonyl (C=O) groups is 1. The van der Waals surface area contributed by atoms with Gasteiger partial charge in [0.15, 0.2) is 0 Å². The second-order valence-corrected chi connectivity index (χ2v) is 6.45. The molecule has 0 aromatic heterocycles. The summed E-state index contributed by atoms with van der Waals surface area (Å²) in [7, 11) is 0. The Morgan fingerprint density at radius 2 is 2.10 bits per heavy atom. The van der Waals surface area contributed by atoms with E-state index in [1.54, 1.807) is 12.1 Å². The molecule has 2 aliphatic rings. The molecule has 21 heavy (non-hydrogen) atoms. The maximum atomic E-state index is 11.1. The van der Waals surface area contributed by atoms with Crippen LogP contribution in [0.4, 0.5) is 5.69 Å². The molecule has 2 fully saturated rings. The first-order chi connectivity index (χ1) is 10.1. The highest BCUT2D eigenvalue weighted by Crippen LogP contribution is 2.30. The zero-order valence-electron chi connectivity index (χ0n) is 12.9. The molecule has 0 radical (unpaired) electrons. The van der Waals surface area contributed by atoms with Crippen LogP contribution in [-0.4, -0.2) is 47.7 Å². The van der Waals surface area contributed by atoms with Crippen molar-refractivity contribution in [1.29, 1.82) is 0 Å². The highest BCUT2D eigenvalue weighted by Gasteiger charge is 2.33. The molecule has 2 atom stereocenters. The van der Waals surface area contributed by atoms with Crippen molar-refractivity contribution in [1.82, 2.24) is 4.90 Å². The van der Waals surface area contributed by atoms with Crippen LogP contribution in [0.5, 0.6) is 0 Å². The van der Waals surface area contributed by atoms with Crippen LogP contribution in [0.3, 0.4) is 0 Å². The van der Waals surface area contributed by atoms with Gasteiger partial charge in [0.25, 0.3) is 0 Å². The molecule has 0 spiro atoms. The molecule has 1 N–H and O–H groups in total. The standard InChI is InChI=1S/C17H24N2O2/c1-12-9-14(17(20)21)6-7-16(12)19-11-15-5-3-4-8-18(15)10-13(19)2/h6-7,9,13,15H,3-5,8,10-11H2,1-2H3,(H,20,21). The van der Waals surface area contributed by atoms with Crippen LogP contribution in [0.1, 0.15) is 42.1 Å². The van der Waals surface area contributed by atoms with Gasteiger partial charge in [-0.05, 0) is 57.0 Å². The predicted molar refractivity (Wildman–Crippen MR) is 84.2 cm³/mol. The highest BCUT2D eigenvalue weighted by atomic mass is 16.4. The van der Waals surface area contributed by atoms with Crippen LogP contribution in [0, 0.1) is 6.92 Å². The van der Waals surface area contributed by atoms with Crippen LogP contribution in [0.2, 0.25) is 0 Å². The smallest absolute Gasteiger partial charge is 0.335 e. The summed E-state index contributed by atoms with van der Waals surface area (Å²) in [5, 5.41) is 9.10. The van der Waals surface area contributed by atoms with E-state index in [1.807, 2.05) is 13.0 Å². The molecule has 0 bridgehead atoms. The van der Waals surface area contributed by atoms with Gasteiger partial charge >= 0.3 is 5.97 Å². The Morgan fingerprint density at radius 1 is 1.29 bits per heavy atom. The largest absolute Gasteiger partial charge is 0.478 e. The minimum absolute atomic E-state index is 0.375. The lowest BCUT2D eigenvalue weighted by atomic mass is 9.96. The van der Waals surface area contributed by atoms with Crippen LogP contribution >= 0.6 is 0 Å². The number of hydrogen-bond donors (Lipinski definition) is 1. The maximum absolute atomic E-state index is 11.1. The van der Waals surface area contributed by atoms with Crippen molar-refractivity contribution in [2.45, 2.75) is 45.2 Å². The van der Waals surface area contributed by atoms with Crippen molar-refractivity contribution >= 4 is 11.7 Å².